The zero-order valence-electron chi connectivity index (χ0n) is 18.8. The molecule has 3 rings (SSSR count). The Morgan fingerprint density at radius 1 is 1.17 bits per heavy atom. The van der Waals surface area contributed by atoms with Crippen LogP contribution < -0.4 is 0 Å². The predicted molar refractivity (Wildman–Crippen MR) is 117 cm³/mol. The monoisotopic (exact) mass is 416 g/mol. The number of hydrogen-bond donors (Lipinski definition) is 1. The number of amides is 1. The molecule has 0 spiro atoms. The highest BCUT2D eigenvalue weighted by Crippen LogP contribution is 2.49. The van der Waals surface area contributed by atoms with Gasteiger partial charge < -0.3 is 19.6 Å². The van der Waals surface area contributed by atoms with E-state index in [1.807, 2.05) is 50.9 Å². The van der Waals surface area contributed by atoms with Gasteiger partial charge in [-0.3, -0.25) is 4.79 Å². The smallest absolute Gasteiger partial charge is 0.410 e. The van der Waals surface area contributed by atoms with E-state index in [1.54, 1.807) is 0 Å². The van der Waals surface area contributed by atoms with Gasteiger partial charge in [-0.05, 0) is 52.6 Å². The number of ether oxygens (including phenoxy) is 1. The summed E-state index contributed by atoms with van der Waals surface area (Å²) in [4.78, 5) is 28.1. The van der Waals surface area contributed by atoms with Gasteiger partial charge in [0, 0.05) is 37.0 Å². The molecule has 6 nitrogen and oxygen atoms in total. The molecule has 2 atom stereocenters. The topological polar surface area (TPSA) is 70.1 Å². The molecular formula is C24H36N2O4. The van der Waals surface area contributed by atoms with E-state index in [2.05, 4.69) is 17.0 Å². The van der Waals surface area contributed by atoms with E-state index in [0.29, 0.717) is 19.0 Å². The van der Waals surface area contributed by atoms with Crippen molar-refractivity contribution in [3.8, 4) is 0 Å². The van der Waals surface area contributed by atoms with E-state index in [0.717, 1.165) is 32.2 Å². The van der Waals surface area contributed by atoms with E-state index in [-0.39, 0.29) is 24.0 Å². The van der Waals surface area contributed by atoms with Gasteiger partial charge in [0.2, 0.25) is 0 Å². The number of carbonyl (C=O) groups is 2. The third-order valence-electron chi connectivity index (χ3n) is 6.25. The van der Waals surface area contributed by atoms with E-state index >= 15 is 0 Å². The molecule has 0 radical (unpaired) electrons. The number of carbonyl (C=O) groups excluding carboxylic acids is 1. The van der Waals surface area contributed by atoms with Crippen molar-refractivity contribution in [3.05, 3.63) is 35.9 Å². The maximum absolute atomic E-state index is 13.1. The molecule has 2 fully saturated rings. The molecule has 1 aromatic rings. The van der Waals surface area contributed by atoms with Gasteiger partial charge in [0.25, 0.3) is 0 Å². The van der Waals surface area contributed by atoms with Crippen LogP contribution in [0.2, 0.25) is 0 Å². The first-order valence-electron chi connectivity index (χ1n) is 11.0. The zero-order chi connectivity index (χ0) is 21.9. The van der Waals surface area contributed by atoms with Crippen LogP contribution in [0.1, 0.15) is 64.4 Å². The summed E-state index contributed by atoms with van der Waals surface area (Å²) in [5.74, 6) is -0.413. The molecule has 1 aromatic carbocycles. The van der Waals surface area contributed by atoms with Crippen molar-refractivity contribution in [2.45, 2.75) is 70.4 Å². The molecule has 1 N–H and O–H groups in total. The molecule has 30 heavy (non-hydrogen) atoms. The standard InChI is InChI=1S/C24H36N2O4/c1-23(2,3)30-22(29)26(20-15-19(20)18-9-6-5-7-10-18)17-24(12-8-13-24)16-25(4)14-11-21(27)28/h5-7,9-10,19-20H,8,11-17H2,1-4H3,(H,27,28)/t19?,20-/m0/s1. The Balaban J connectivity index is 1.71. The summed E-state index contributed by atoms with van der Waals surface area (Å²) in [5.41, 5.74) is 0.767. The molecular weight excluding hydrogens is 380 g/mol. The van der Waals surface area contributed by atoms with Crippen molar-refractivity contribution in [1.29, 1.82) is 0 Å². The SMILES string of the molecule is CN(CCC(=O)O)CC1(CN(C(=O)OC(C)(C)C)[C@H]2CC2c2ccccc2)CCC1. The lowest BCUT2D eigenvalue weighted by Gasteiger charge is -2.47. The summed E-state index contributed by atoms with van der Waals surface area (Å²) >= 11 is 0. The fourth-order valence-corrected chi connectivity index (χ4v) is 4.56. The Hall–Kier alpha value is -2.08. The van der Waals surface area contributed by atoms with Gasteiger partial charge in [-0.15, -0.1) is 0 Å². The first kappa shape index (κ1) is 22.6. The number of carboxylic acid groups (broad SMARTS) is 1. The minimum atomic E-state index is -0.774. The van der Waals surface area contributed by atoms with E-state index in [4.69, 9.17) is 9.84 Å². The van der Waals surface area contributed by atoms with E-state index < -0.39 is 11.6 Å². The molecule has 1 unspecified atom stereocenters. The highest BCUT2D eigenvalue weighted by atomic mass is 16.6. The molecule has 2 saturated carbocycles. The van der Waals surface area contributed by atoms with Gasteiger partial charge in [-0.25, -0.2) is 4.79 Å². The van der Waals surface area contributed by atoms with Crippen molar-refractivity contribution in [2.75, 3.05) is 26.7 Å². The van der Waals surface area contributed by atoms with Crippen LogP contribution in [0.5, 0.6) is 0 Å². The number of carboxylic acids is 1. The largest absolute Gasteiger partial charge is 0.481 e. The normalized spacial score (nSPS) is 22.3. The summed E-state index contributed by atoms with van der Waals surface area (Å²) in [6, 6.07) is 10.6. The third kappa shape index (κ3) is 5.97. The summed E-state index contributed by atoms with van der Waals surface area (Å²) in [5, 5.41) is 8.98. The van der Waals surface area contributed by atoms with Gasteiger partial charge in [-0.2, -0.15) is 0 Å². The van der Waals surface area contributed by atoms with Crippen LogP contribution in [0.15, 0.2) is 30.3 Å². The number of aliphatic carboxylic acids is 1. The molecule has 1 amide bonds. The minimum absolute atomic E-state index is 0.0218. The van der Waals surface area contributed by atoms with Crippen LogP contribution in [0.4, 0.5) is 4.79 Å². The molecule has 2 aliphatic rings. The molecule has 2 aliphatic carbocycles. The average Bonchev–Trinajstić information content (AvgIpc) is 3.41. The van der Waals surface area contributed by atoms with Gasteiger partial charge in [-0.1, -0.05) is 36.8 Å². The summed E-state index contributed by atoms with van der Waals surface area (Å²) in [7, 11) is 1.98. The Kier molecular flexibility index (Phi) is 6.75. The van der Waals surface area contributed by atoms with Crippen molar-refractivity contribution < 1.29 is 19.4 Å². The fourth-order valence-electron chi connectivity index (χ4n) is 4.56. The summed E-state index contributed by atoms with van der Waals surface area (Å²) < 4.78 is 5.78. The Morgan fingerprint density at radius 2 is 1.83 bits per heavy atom. The highest BCUT2D eigenvalue weighted by molar-refractivity contribution is 5.69. The Morgan fingerprint density at radius 3 is 2.37 bits per heavy atom. The third-order valence-corrected chi connectivity index (χ3v) is 6.25. The maximum atomic E-state index is 13.1. The number of hydrogen-bond acceptors (Lipinski definition) is 4. The lowest BCUT2D eigenvalue weighted by Crippen LogP contribution is -2.52. The van der Waals surface area contributed by atoms with Gasteiger partial charge in [0.15, 0.2) is 0 Å². The molecule has 6 heteroatoms. The molecule has 0 heterocycles. The van der Waals surface area contributed by atoms with Crippen LogP contribution in [0, 0.1) is 5.41 Å². The maximum Gasteiger partial charge on any atom is 0.410 e. The first-order valence-corrected chi connectivity index (χ1v) is 11.0. The number of nitrogens with zero attached hydrogens (tertiary/aromatic N) is 2. The molecule has 0 saturated heterocycles. The second-order valence-electron chi connectivity index (χ2n) is 10.2. The van der Waals surface area contributed by atoms with Crippen molar-refractivity contribution in [2.24, 2.45) is 5.41 Å². The highest BCUT2D eigenvalue weighted by Gasteiger charge is 2.50. The van der Waals surface area contributed by atoms with Crippen LogP contribution in [-0.2, 0) is 9.53 Å². The van der Waals surface area contributed by atoms with Gasteiger partial charge >= 0.3 is 12.1 Å². The van der Waals surface area contributed by atoms with E-state index in [9.17, 15) is 9.59 Å². The lowest BCUT2D eigenvalue weighted by atomic mass is 9.68. The van der Waals surface area contributed by atoms with Crippen LogP contribution in [-0.4, -0.2) is 65.3 Å². The second kappa shape index (κ2) is 8.96. The second-order valence-corrected chi connectivity index (χ2v) is 10.2. The number of rotatable bonds is 9. The van der Waals surface area contributed by atoms with Gasteiger partial charge in [0.1, 0.15) is 5.60 Å². The van der Waals surface area contributed by atoms with Crippen LogP contribution >= 0.6 is 0 Å². The van der Waals surface area contributed by atoms with E-state index in [1.165, 1.54) is 5.56 Å². The van der Waals surface area contributed by atoms with Crippen LogP contribution in [0.3, 0.4) is 0 Å². The van der Waals surface area contributed by atoms with Crippen LogP contribution in [0.25, 0.3) is 0 Å². The lowest BCUT2D eigenvalue weighted by molar-refractivity contribution is -0.137. The summed E-state index contributed by atoms with van der Waals surface area (Å²) in [6.07, 6.45) is 4.15. The Labute approximate surface area is 180 Å². The fraction of sp³-hybridized carbons (Fsp3) is 0.667. The molecule has 0 bridgehead atoms. The first-order chi connectivity index (χ1) is 14.1. The zero-order valence-corrected chi connectivity index (χ0v) is 18.8. The Bertz CT molecular complexity index is 739. The number of benzene rings is 1. The van der Waals surface area contributed by atoms with Crippen molar-refractivity contribution >= 4 is 12.1 Å². The van der Waals surface area contributed by atoms with Crippen molar-refractivity contribution in [3.63, 3.8) is 0 Å². The minimum Gasteiger partial charge on any atom is -0.481 e. The van der Waals surface area contributed by atoms with Crippen molar-refractivity contribution in [1.82, 2.24) is 9.80 Å². The van der Waals surface area contributed by atoms with Gasteiger partial charge in [0.05, 0.1) is 6.42 Å². The molecule has 166 valence electrons. The predicted octanol–water partition coefficient (Wildman–Crippen LogP) is 4.36. The molecule has 0 aromatic heterocycles. The average molecular weight is 417 g/mol. The summed E-state index contributed by atoms with van der Waals surface area (Å²) in [6.45, 7) is 7.73. The quantitative estimate of drug-likeness (QED) is 0.648. The molecule has 0 aliphatic heterocycles.